The van der Waals surface area contributed by atoms with Gasteiger partial charge in [0.2, 0.25) is 11.8 Å². The third-order valence-electron chi connectivity index (χ3n) is 4.73. The van der Waals surface area contributed by atoms with Crippen molar-refractivity contribution in [2.75, 3.05) is 36.4 Å². The number of piperidine rings is 1. The van der Waals surface area contributed by atoms with Crippen molar-refractivity contribution in [2.24, 2.45) is 5.92 Å². The lowest BCUT2D eigenvalue weighted by molar-refractivity contribution is -0.135. The molecule has 1 N–H and O–H groups in total. The number of carbonyl (C=O) groups is 2. The molecule has 0 atom stereocenters. The van der Waals surface area contributed by atoms with E-state index in [1.54, 1.807) is 0 Å². The van der Waals surface area contributed by atoms with Gasteiger partial charge in [0.15, 0.2) is 0 Å². The molecule has 132 valence electrons. The molecule has 0 spiro atoms. The standard InChI is InChI=1S/C19H29N3O2/c1-4-21(5-2)17-8-6-16(7-9-17)20-18(23)14-19(24)22-12-10-15(3)11-13-22/h6-9,15H,4-5,10-14H2,1-3H3,(H,20,23). The van der Waals surface area contributed by atoms with Crippen LogP contribution in [-0.2, 0) is 9.59 Å². The first-order chi connectivity index (χ1) is 11.5. The van der Waals surface area contributed by atoms with Crippen LogP contribution in [-0.4, -0.2) is 42.9 Å². The number of anilines is 2. The fourth-order valence-electron chi connectivity index (χ4n) is 3.06. The van der Waals surface area contributed by atoms with Crippen molar-refractivity contribution in [1.29, 1.82) is 0 Å². The van der Waals surface area contributed by atoms with E-state index in [-0.39, 0.29) is 18.2 Å². The van der Waals surface area contributed by atoms with Crippen LogP contribution in [0, 0.1) is 5.92 Å². The SMILES string of the molecule is CCN(CC)c1ccc(NC(=O)CC(=O)N2CCC(C)CC2)cc1. The molecular formula is C19H29N3O2. The second kappa shape index (κ2) is 8.71. The number of benzene rings is 1. The molecule has 24 heavy (non-hydrogen) atoms. The molecule has 5 nitrogen and oxygen atoms in total. The predicted molar refractivity (Wildman–Crippen MR) is 98.2 cm³/mol. The Labute approximate surface area is 145 Å². The van der Waals surface area contributed by atoms with Crippen molar-refractivity contribution >= 4 is 23.2 Å². The van der Waals surface area contributed by atoms with E-state index in [1.807, 2.05) is 29.2 Å². The van der Waals surface area contributed by atoms with E-state index in [1.165, 1.54) is 0 Å². The molecule has 0 unspecified atom stereocenters. The van der Waals surface area contributed by atoms with Crippen LogP contribution in [0.4, 0.5) is 11.4 Å². The monoisotopic (exact) mass is 331 g/mol. The zero-order chi connectivity index (χ0) is 17.5. The van der Waals surface area contributed by atoms with Gasteiger partial charge in [-0.15, -0.1) is 0 Å². The van der Waals surface area contributed by atoms with Crippen molar-refractivity contribution in [3.05, 3.63) is 24.3 Å². The first kappa shape index (κ1) is 18.3. The van der Waals surface area contributed by atoms with Gasteiger partial charge in [0, 0.05) is 37.6 Å². The van der Waals surface area contributed by atoms with Crippen LogP contribution in [0.1, 0.15) is 40.0 Å². The van der Waals surface area contributed by atoms with E-state index in [0.717, 1.165) is 50.4 Å². The number of nitrogens with one attached hydrogen (secondary N) is 1. The summed E-state index contributed by atoms with van der Waals surface area (Å²) < 4.78 is 0. The molecular weight excluding hydrogens is 302 g/mol. The Hall–Kier alpha value is -2.04. The van der Waals surface area contributed by atoms with E-state index in [9.17, 15) is 9.59 Å². The number of carbonyl (C=O) groups excluding carboxylic acids is 2. The first-order valence-corrected chi connectivity index (χ1v) is 8.96. The summed E-state index contributed by atoms with van der Waals surface area (Å²) in [7, 11) is 0. The van der Waals surface area contributed by atoms with Crippen molar-refractivity contribution in [1.82, 2.24) is 4.90 Å². The molecule has 2 rings (SSSR count). The minimum Gasteiger partial charge on any atom is -0.372 e. The molecule has 1 fully saturated rings. The van der Waals surface area contributed by atoms with Gasteiger partial charge in [-0.25, -0.2) is 0 Å². The number of nitrogens with zero attached hydrogens (tertiary/aromatic N) is 2. The maximum absolute atomic E-state index is 12.2. The Morgan fingerprint density at radius 3 is 2.25 bits per heavy atom. The van der Waals surface area contributed by atoms with Gasteiger partial charge in [-0.05, 0) is 56.9 Å². The molecule has 1 saturated heterocycles. The van der Waals surface area contributed by atoms with Gasteiger partial charge >= 0.3 is 0 Å². The summed E-state index contributed by atoms with van der Waals surface area (Å²) >= 11 is 0. The summed E-state index contributed by atoms with van der Waals surface area (Å²) in [6, 6.07) is 7.77. The third kappa shape index (κ3) is 4.98. The molecule has 0 saturated carbocycles. The highest BCUT2D eigenvalue weighted by Crippen LogP contribution is 2.19. The lowest BCUT2D eigenvalue weighted by atomic mass is 9.99. The normalized spacial score (nSPS) is 15.2. The largest absolute Gasteiger partial charge is 0.372 e. The molecule has 1 aromatic carbocycles. The first-order valence-electron chi connectivity index (χ1n) is 8.96. The molecule has 5 heteroatoms. The molecule has 0 radical (unpaired) electrons. The molecule has 1 aliphatic rings. The lowest BCUT2D eigenvalue weighted by Gasteiger charge is -2.30. The molecule has 0 bridgehead atoms. The van der Waals surface area contributed by atoms with Gasteiger partial charge in [0.05, 0.1) is 0 Å². The van der Waals surface area contributed by atoms with Gasteiger partial charge in [0.25, 0.3) is 0 Å². The van der Waals surface area contributed by atoms with Crippen LogP contribution in [0.5, 0.6) is 0 Å². The summed E-state index contributed by atoms with van der Waals surface area (Å²) in [5.41, 5.74) is 1.87. The molecule has 2 amide bonds. The zero-order valence-electron chi connectivity index (χ0n) is 15.0. The van der Waals surface area contributed by atoms with Gasteiger partial charge in [-0.3, -0.25) is 9.59 Å². The molecule has 1 heterocycles. The van der Waals surface area contributed by atoms with Crippen LogP contribution in [0.15, 0.2) is 24.3 Å². The van der Waals surface area contributed by atoms with Crippen LogP contribution in [0.3, 0.4) is 0 Å². The van der Waals surface area contributed by atoms with Crippen LogP contribution in [0.2, 0.25) is 0 Å². The quantitative estimate of drug-likeness (QED) is 0.815. The average molecular weight is 331 g/mol. The highest BCUT2D eigenvalue weighted by atomic mass is 16.2. The van der Waals surface area contributed by atoms with E-state index in [4.69, 9.17) is 0 Å². The molecule has 1 aromatic rings. The average Bonchev–Trinajstić information content (AvgIpc) is 2.58. The number of amides is 2. The fourth-order valence-corrected chi connectivity index (χ4v) is 3.06. The molecule has 0 aliphatic carbocycles. The Kier molecular flexibility index (Phi) is 6.64. The van der Waals surface area contributed by atoms with Crippen LogP contribution in [0.25, 0.3) is 0 Å². The summed E-state index contributed by atoms with van der Waals surface area (Å²) in [5, 5.41) is 2.82. The third-order valence-corrected chi connectivity index (χ3v) is 4.73. The summed E-state index contributed by atoms with van der Waals surface area (Å²) in [4.78, 5) is 28.3. The second-order valence-corrected chi connectivity index (χ2v) is 6.51. The molecule has 0 aromatic heterocycles. The Bertz CT molecular complexity index is 544. The highest BCUT2D eigenvalue weighted by molar-refractivity contribution is 6.03. The van der Waals surface area contributed by atoms with E-state index < -0.39 is 0 Å². The summed E-state index contributed by atoms with van der Waals surface area (Å²) in [6.45, 7) is 9.88. The smallest absolute Gasteiger partial charge is 0.233 e. The zero-order valence-corrected chi connectivity index (χ0v) is 15.0. The van der Waals surface area contributed by atoms with E-state index >= 15 is 0 Å². The maximum Gasteiger partial charge on any atom is 0.233 e. The number of rotatable bonds is 6. The summed E-state index contributed by atoms with van der Waals surface area (Å²) in [6.07, 6.45) is 1.98. The number of hydrogen-bond acceptors (Lipinski definition) is 3. The Morgan fingerprint density at radius 1 is 1.12 bits per heavy atom. The topological polar surface area (TPSA) is 52.7 Å². The van der Waals surface area contributed by atoms with Gasteiger partial charge in [0.1, 0.15) is 6.42 Å². The highest BCUT2D eigenvalue weighted by Gasteiger charge is 2.22. The van der Waals surface area contributed by atoms with Gasteiger partial charge in [-0.2, -0.15) is 0 Å². The van der Waals surface area contributed by atoms with Crippen LogP contribution < -0.4 is 10.2 Å². The van der Waals surface area contributed by atoms with E-state index in [2.05, 4.69) is 31.0 Å². The van der Waals surface area contributed by atoms with Crippen LogP contribution >= 0.6 is 0 Å². The summed E-state index contributed by atoms with van der Waals surface area (Å²) in [5.74, 6) is 0.362. The van der Waals surface area contributed by atoms with Gasteiger partial charge < -0.3 is 15.1 Å². The van der Waals surface area contributed by atoms with Crippen molar-refractivity contribution in [2.45, 2.75) is 40.0 Å². The minimum absolute atomic E-state index is 0.0702. The maximum atomic E-state index is 12.2. The van der Waals surface area contributed by atoms with Gasteiger partial charge in [-0.1, -0.05) is 6.92 Å². The minimum atomic E-state index is -0.241. The van der Waals surface area contributed by atoms with Crippen molar-refractivity contribution in [3.63, 3.8) is 0 Å². The number of hydrogen-bond donors (Lipinski definition) is 1. The molecule has 1 aliphatic heterocycles. The van der Waals surface area contributed by atoms with Crippen molar-refractivity contribution < 1.29 is 9.59 Å². The van der Waals surface area contributed by atoms with Crippen molar-refractivity contribution in [3.8, 4) is 0 Å². The van der Waals surface area contributed by atoms with E-state index in [0.29, 0.717) is 5.92 Å². The Balaban J connectivity index is 1.84. The lowest BCUT2D eigenvalue weighted by Crippen LogP contribution is -2.39. The fraction of sp³-hybridized carbons (Fsp3) is 0.579. The number of likely N-dealkylation sites (tertiary alicyclic amines) is 1. The predicted octanol–water partition coefficient (Wildman–Crippen LogP) is 3.12. The second-order valence-electron chi connectivity index (χ2n) is 6.51. The Morgan fingerprint density at radius 2 is 1.71 bits per heavy atom.